The van der Waals surface area contributed by atoms with E-state index in [2.05, 4.69) is 16.0 Å². The monoisotopic (exact) mass is 526 g/mol. The Morgan fingerprint density at radius 3 is 2.06 bits per heavy atom. The Bertz CT molecular complexity index is 964. The number of ether oxygens (including phenoxy) is 1. The molecule has 0 unspecified atom stereocenters. The van der Waals surface area contributed by atoms with E-state index in [0.717, 1.165) is 18.4 Å². The van der Waals surface area contributed by atoms with Gasteiger partial charge in [-0.1, -0.05) is 30.3 Å². The number of hydrogen-bond donors (Lipinski definition) is 3. The average Bonchev–Trinajstić information content (AvgIpc) is 3.71. The third kappa shape index (κ3) is 8.61. The topological polar surface area (TPSA) is 152 Å². The van der Waals surface area contributed by atoms with Crippen molar-refractivity contribution in [2.45, 2.75) is 64.1 Å². The SMILES string of the molecule is COP(=O)(OC)[C@H](C)NC(=O)[C@H](C)NC(=O)[C@H](C)NC(=O)CN(C(=O)OCc1ccccc1)C1CC1. The fraction of sp³-hybridized carbons (Fsp3) is 0.565. The Hall–Kier alpha value is -2.95. The molecule has 0 bridgehead atoms. The summed E-state index contributed by atoms with van der Waals surface area (Å²) in [7, 11) is -1.12. The van der Waals surface area contributed by atoms with E-state index in [-0.39, 0.29) is 19.2 Å². The highest BCUT2D eigenvalue weighted by molar-refractivity contribution is 7.54. The smallest absolute Gasteiger partial charge is 0.410 e. The third-order valence-corrected chi connectivity index (χ3v) is 7.69. The van der Waals surface area contributed by atoms with Gasteiger partial charge in [0.1, 0.15) is 31.0 Å². The van der Waals surface area contributed by atoms with Crippen molar-refractivity contribution in [3.05, 3.63) is 35.9 Å². The Morgan fingerprint density at radius 2 is 1.50 bits per heavy atom. The summed E-state index contributed by atoms with van der Waals surface area (Å²) >= 11 is 0. The second-order valence-corrected chi connectivity index (χ2v) is 11.1. The summed E-state index contributed by atoms with van der Waals surface area (Å²) in [4.78, 5) is 51.3. The van der Waals surface area contributed by atoms with Crippen LogP contribution in [0.15, 0.2) is 30.3 Å². The van der Waals surface area contributed by atoms with Crippen molar-refractivity contribution in [3.8, 4) is 0 Å². The van der Waals surface area contributed by atoms with Crippen molar-refractivity contribution in [1.29, 1.82) is 0 Å². The minimum absolute atomic E-state index is 0.0796. The van der Waals surface area contributed by atoms with E-state index in [1.165, 1.54) is 39.9 Å². The van der Waals surface area contributed by atoms with E-state index >= 15 is 0 Å². The molecule has 0 radical (unpaired) electrons. The number of carbonyl (C=O) groups is 4. The summed E-state index contributed by atoms with van der Waals surface area (Å²) in [6, 6.07) is 7.15. The molecule has 4 amide bonds. The summed E-state index contributed by atoms with van der Waals surface area (Å²) in [5, 5.41) is 7.49. The van der Waals surface area contributed by atoms with Crippen LogP contribution in [-0.2, 0) is 39.3 Å². The van der Waals surface area contributed by atoms with Gasteiger partial charge in [-0.15, -0.1) is 0 Å². The highest BCUT2D eigenvalue weighted by atomic mass is 31.2. The van der Waals surface area contributed by atoms with Gasteiger partial charge < -0.3 is 29.7 Å². The average molecular weight is 527 g/mol. The first-order chi connectivity index (χ1) is 17.0. The summed E-state index contributed by atoms with van der Waals surface area (Å²) in [5.74, 6) is -2.69. The van der Waals surface area contributed by atoms with Crippen LogP contribution < -0.4 is 16.0 Å². The molecule has 12 nitrogen and oxygen atoms in total. The molecule has 200 valence electrons. The van der Waals surface area contributed by atoms with E-state index in [9.17, 15) is 23.7 Å². The molecule has 0 saturated heterocycles. The summed E-state index contributed by atoms with van der Waals surface area (Å²) in [5.41, 5.74) is 0.830. The number of benzene rings is 1. The van der Waals surface area contributed by atoms with Crippen LogP contribution in [-0.4, -0.2) is 73.4 Å². The molecule has 3 N–H and O–H groups in total. The molecular formula is C23H35N4O8P. The number of nitrogens with zero attached hydrogens (tertiary/aromatic N) is 1. The van der Waals surface area contributed by atoms with Gasteiger partial charge in [-0.25, -0.2) is 4.79 Å². The minimum Gasteiger partial charge on any atom is -0.445 e. The predicted octanol–water partition coefficient (Wildman–Crippen LogP) is 1.75. The summed E-state index contributed by atoms with van der Waals surface area (Å²) < 4.78 is 27.4. The maximum absolute atomic E-state index is 12.5. The maximum Gasteiger partial charge on any atom is 0.410 e. The zero-order valence-corrected chi connectivity index (χ0v) is 22.1. The van der Waals surface area contributed by atoms with E-state index in [0.29, 0.717) is 0 Å². The minimum atomic E-state index is -3.53. The van der Waals surface area contributed by atoms with Crippen LogP contribution in [0.4, 0.5) is 4.79 Å². The second kappa shape index (κ2) is 13.4. The summed E-state index contributed by atoms with van der Waals surface area (Å²) in [6.45, 7) is 4.19. The van der Waals surface area contributed by atoms with Gasteiger partial charge in [0.05, 0.1) is 0 Å². The lowest BCUT2D eigenvalue weighted by molar-refractivity contribution is -0.131. The number of carbonyl (C=O) groups excluding carboxylic acids is 4. The first kappa shape index (κ1) is 29.3. The van der Waals surface area contributed by atoms with Gasteiger partial charge in [-0.3, -0.25) is 23.8 Å². The molecule has 0 spiro atoms. The lowest BCUT2D eigenvalue weighted by atomic mass is 10.2. The Kier molecular flexibility index (Phi) is 10.9. The molecule has 2 rings (SSSR count). The Balaban J connectivity index is 1.83. The molecular weight excluding hydrogens is 491 g/mol. The van der Waals surface area contributed by atoms with Crippen LogP contribution in [0.25, 0.3) is 0 Å². The van der Waals surface area contributed by atoms with Crippen molar-refractivity contribution < 1.29 is 37.5 Å². The number of amides is 4. The Morgan fingerprint density at radius 1 is 0.944 bits per heavy atom. The predicted molar refractivity (Wildman–Crippen MR) is 131 cm³/mol. The van der Waals surface area contributed by atoms with Crippen molar-refractivity contribution in [2.24, 2.45) is 0 Å². The quantitative estimate of drug-likeness (QED) is 0.329. The van der Waals surface area contributed by atoms with Gasteiger partial charge >= 0.3 is 13.7 Å². The zero-order chi connectivity index (χ0) is 26.9. The lowest BCUT2D eigenvalue weighted by Gasteiger charge is -2.25. The highest BCUT2D eigenvalue weighted by Gasteiger charge is 2.36. The van der Waals surface area contributed by atoms with Gasteiger partial charge in [0.2, 0.25) is 17.7 Å². The van der Waals surface area contributed by atoms with Crippen LogP contribution in [0.1, 0.15) is 39.2 Å². The van der Waals surface area contributed by atoms with Gasteiger partial charge in [-0.2, -0.15) is 0 Å². The van der Waals surface area contributed by atoms with Gasteiger partial charge in [0.25, 0.3) is 0 Å². The molecule has 0 aliphatic heterocycles. The van der Waals surface area contributed by atoms with E-state index in [1.807, 2.05) is 30.3 Å². The number of hydrogen-bond acceptors (Lipinski definition) is 8. The Labute approximate surface area is 210 Å². The van der Waals surface area contributed by atoms with Crippen molar-refractivity contribution in [1.82, 2.24) is 20.9 Å². The molecule has 3 atom stereocenters. The van der Waals surface area contributed by atoms with E-state index in [4.69, 9.17) is 13.8 Å². The van der Waals surface area contributed by atoms with Crippen LogP contribution in [0.2, 0.25) is 0 Å². The van der Waals surface area contributed by atoms with E-state index in [1.54, 1.807) is 0 Å². The molecule has 13 heteroatoms. The van der Waals surface area contributed by atoms with Gasteiger partial charge in [0, 0.05) is 20.3 Å². The van der Waals surface area contributed by atoms with Crippen molar-refractivity contribution in [2.75, 3.05) is 20.8 Å². The molecule has 1 aromatic rings. The molecule has 1 aliphatic rings. The normalized spacial score (nSPS) is 15.7. The van der Waals surface area contributed by atoms with Crippen LogP contribution in [0.3, 0.4) is 0 Å². The fourth-order valence-corrected chi connectivity index (χ4v) is 4.31. The van der Waals surface area contributed by atoms with Crippen LogP contribution >= 0.6 is 7.60 Å². The van der Waals surface area contributed by atoms with Crippen molar-refractivity contribution >= 4 is 31.4 Å². The first-order valence-corrected chi connectivity index (χ1v) is 13.2. The lowest BCUT2D eigenvalue weighted by Crippen LogP contribution is -2.54. The van der Waals surface area contributed by atoms with Gasteiger partial charge in [0.15, 0.2) is 0 Å². The number of rotatable bonds is 13. The van der Waals surface area contributed by atoms with Crippen LogP contribution in [0, 0.1) is 0 Å². The van der Waals surface area contributed by atoms with Crippen LogP contribution in [0.5, 0.6) is 0 Å². The molecule has 1 aromatic carbocycles. The maximum atomic E-state index is 12.5. The molecule has 1 aliphatic carbocycles. The fourth-order valence-electron chi connectivity index (χ4n) is 3.24. The largest absolute Gasteiger partial charge is 0.445 e. The summed E-state index contributed by atoms with van der Waals surface area (Å²) in [6.07, 6.45) is 0.944. The first-order valence-electron chi connectivity index (χ1n) is 11.6. The molecule has 0 heterocycles. The third-order valence-electron chi connectivity index (χ3n) is 5.60. The standard InChI is InChI=1S/C23H35N4O8P/c1-15(21(29)25-16(2)22(30)26-17(3)36(32,33-4)34-5)24-20(28)13-27(19-11-12-19)23(31)35-14-18-9-7-6-8-10-18/h6-10,15-17,19H,11-14H2,1-5H3,(H,24,28)(H,25,29)(H,26,30)/t15-,16-,17+/m0/s1. The molecule has 36 heavy (non-hydrogen) atoms. The zero-order valence-electron chi connectivity index (χ0n) is 21.2. The van der Waals surface area contributed by atoms with Crippen molar-refractivity contribution in [3.63, 3.8) is 0 Å². The van der Waals surface area contributed by atoms with E-state index < -0.39 is 49.3 Å². The molecule has 1 fully saturated rings. The number of nitrogens with one attached hydrogen (secondary N) is 3. The molecule has 0 aromatic heterocycles. The second-order valence-electron chi connectivity index (χ2n) is 8.51. The highest BCUT2D eigenvalue weighted by Crippen LogP contribution is 2.50. The van der Waals surface area contributed by atoms with Gasteiger partial charge in [-0.05, 0) is 39.2 Å². The molecule has 1 saturated carbocycles.